The summed E-state index contributed by atoms with van der Waals surface area (Å²) in [6, 6.07) is 6.14. The second-order valence-electron chi connectivity index (χ2n) is 3.09. The van der Waals surface area contributed by atoms with Crippen LogP contribution in [-0.4, -0.2) is 31.3 Å². The number of carbonyl (C=O) groups excluding carboxylic acids is 2. The van der Waals surface area contributed by atoms with Gasteiger partial charge in [0.25, 0.3) is 0 Å². The molecule has 90 valence electrons. The summed E-state index contributed by atoms with van der Waals surface area (Å²) in [5.74, 6) is -1.54. The SMILES string of the molecule is COC(=O)/C=C(\C(=O)OC)c1ccccc1O. The standard InChI is InChI=1S/C12H12O5/c1-16-11(14)7-9(12(15)17-2)8-5-3-4-6-10(8)13/h3-7,13H,1-2H3/b9-7-. The van der Waals surface area contributed by atoms with E-state index >= 15 is 0 Å². The van der Waals surface area contributed by atoms with Gasteiger partial charge in [0.2, 0.25) is 0 Å². The van der Waals surface area contributed by atoms with Crippen molar-refractivity contribution in [2.45, 2.75) is 0 Å². The summed E-state index contributed by atoms with van der Waals surface area (Å²) in [6.45, 7) is 0. The topological polar surface area (TPSA) is 72.8 Å². The average Bonchev–Trinajstić information content (AvgIpc) is 2.35. The third-order valence-electron chi connectivity index (χ3n) is 2.06. The van der Waals surface area contributed by atoms with Crippen LogP contribution in [0, 0.1) is 0 Å². The fraction of sp³-hybridized carbons (Fsp3) is 0.167. The van der Waals surface area contributed by atoms with Crippen molar-refractivity contribution in [1.82, 2.24) is 0 Å². The minimum atomic E-state index is -0.725. The zero-order chi connectivity index (χ0) is 12.8. The molecule has 0 amide bonds. The lowest BCUT2D eigenvalue weighted by Crippen LogP contribution is -2.07. The molecule has 0 saturated heterocycles. The normalized spacial score (nSPS) is 10.8. The Morgan fingerprint density at radius 1 is 1.18 bits per heavy atom. The van der Waals surface area contributed by atoms with Gasteiger partial charge < -0.3 is 14.6 Å². The van der Waals surface area contributed by atoms with Crippen LogP contribution in [-0.2, 0) is 19.1 Å². The van der Waals surface area contributed by atoms with Gasteiger partial charge in [-0.3, -0.25) is 0 Å². The van der Waals surface area contributed by atoms with Crippen LogP contribution in [0.4, 0.5) is 0 Å². The number of aromatic hydroxyl groups is 1. The van der Waals surface area contributed by atoms with E-state index in [-0.39, 0.29) is 16.9 Å². The molecule has 1 aromatic rings. The van der Waals surface area contributed by atoms with Crippen LogP contribution >= 0.6 is 0 Å². The molecule has 17 heavy (non-hydrogen) atoms. The molecule has 0 aliphatic heterocycles. The molecule has 5 nitrogen and oxygen atoms in total. The Labute approximate surface area is 98.3 Å². The van der Waals surface area contributed by atoms with Gasteiger partial charge in [0.15, 0.2) is 0 Å². The molecule has 0 unspecified atom stereocenters. The first-order valence-electron chi connectivity index (χ1n) is 4.76. The zero-order valence-corrected chi connectivity index (χ0v) is 9.47. The fourth-order valence-electron chi connectivity index (χ4n) is 1.23. The van der Waals surface area contributed by atoms with Gasteiger partial charge in [0.05, 0.1) is 19.8 Å². The maximum Gasteiger partial charge on any atom is 0.338 e. The predicted molar refractivity (Wildman–Crippen MR) is 60.1 cm³/mol. The monoisotopic (exact) mass is 236 g/mol. The van der Waals surface area contributed by atoms with Crippen molar-refractivity contribution in [3.8, 4) is 5.75 Å². The Balaban J connectivity index is 3.25. The Hall–Kier alpha value is -2.30. The first-order chi connectivity index (χ1) is 8.10. The molecule has 0 aromatic heterocycles. The molecule has 0 spiro atoms. The van der Waals surface area contributed by atoms with Crippen molar-refractivity contribution in [2.75, 3.05) is 14.2 Å². The van der Waals surface area contributed by atoms with Crippen molar-refractivity contribution in [2.24, 2.45) is 0 Å². The fourth-order valence-corrected chi connectivity index (χ4v) is 1.23. The molecule has 0 heterocycles. The second-order valence-corrected chi connectivity index (χ2v) is 3.09. The second kappa shape index (κ2) is 5.69. The van der Waals surface area contributed by atoms with Crippen LogP contribution in [0.2, 0.25) is 0 Å². The molecule has 0 saturated carbocycles. The van der Waals surface area contributed by atoms with Crippen molar-refractivity contribution in [3.05, 3.63) is 35.9 Å². The summed E-state index contributed by atoms with van der Waals surface area (Å²) in [6.07, 6.45) is 0.973. The van der Waals surface area contributed by atoms with Crippen LogP contribution in [0.15, 0.2) is 30.3 Å². The third kappa shape index (κ3) is 3.07. The van der Waals surface area contributed by atoms with E-state index in [2.05, 4.69) is 9.47 Å². The van der Waals surface area contributed by atoms with Gasteiger partial charge in [-0.25, -0.2) is 9.59 Å². The number of esters is 2. The largest absolute Gasteiger partial charge is 0.507 e. The number of para-hydroxylation sites is 1. The van der Waals surface area contributed by atoms with Gasteiger partial charge in [0, 0.05) is 11.6 Å². The first kappa shape index (κ1) is 12.8. The van der Waals surface area contributed by atoms with Gasteiger partial charge in [-0.1, -0.05) is 18.2 Å². The minimum absolute atomic E-state index is 0.0579. The quantitative estimate of drug-likeness (QED) is 0.629. The highest BCUT2D eigenvalue weighted by Gasteiger charge is 2.17. The zero-order valence-electron chi connectivity index (χ0n) is 9.47. The van der Waals surface area contributed by atoms with Gasteiger partial charge in [-0.2, -0.15) is 0 Å². The molecule has 1 rings (SSSR count). The maximum absolute atomic E-state index is 11.5. The number of hydrogen-bond acceptors (Lipinski definition) is 5. The molecular weight excluding hydrogens is 224 g/mol. The van der Waals surface area contributed by atoms with E-state index in [4.69, 9.17) is 0 Å². The highest BCUT2D eigenvalue weighted by molar-refractivity contribution is 6.21. The lowest BCUT2D eigenvalue weighted by atomic mass is 10.0. The lowest BCUT2D eigenvalue weighted by molar-refractivity contribution is -0.136. The molecule has 0 bridgehead atoms. The number of rotatable bonds is 3. The molecule has 0 aliphatic carbocycles. The van der Waals surface area contributed by atoms with Gasteiger partial charge >= 0.3 is 11.9 Å². The minimum Gasteiger partial charge on any atom is -0.507 e. The van der Waals surface area contributed by atoms with Crippen molar-refractivity contribution >= 4 is 17.5 Å². The molecule has 1 aromatic carbocycles. The van der Waals surface area contributed by atoms with Crippen molar-refractivity contribution < 1.29 is 24.2 Å². The molecule has 0 radical (unpaired) electrons. The van der Waals surface area contributed by atoms with E-state index in [1.807, 2.05) is 0 Å². The van der Waals surface area contributed by atoms with Crippen LogP contribution < -0.4 is 0 Å². The molecule has 5 heteroatoms. The summed E-state index contributed by atoms with van der Waals surface area (Å²) >= 11 is 0. The van der Waals surface area contributed by atoms with E-state index in [0.29, 0.717) is 0 Å². The van der Waals surface area contributed by atoms with E-state index in [1.54, 1.807) is 12.1 Å². The molecule has 0 atom stereocenters. The Bertz CT molecular complexity index is 462. The summed E-state index contributed by atoms with van der Waals surface area (Å²) in [5, 5.41) is 9.61. The van der Waals surface area contributed by atoms with Crippen LogP contribution in [0.25, 0.3) is 5.57 Å². The number of hydrogen-bond donors (Lipinski definition) is 1. The number of methoxy groups -OCH3 is 2. The highest BCUT2D eigenvalue weighted by Crippen LogP contribution is 2.25. The van der Waals surface area contributed by atoms with Gasteiger partial charge in [0.1, 0.15) is 5.75 Å². The first-order valence-corrected chi connectivity index (χ1v) is 4.76. The molecular formula is C12H12O5. The van der Waals surface area contributed by atoms with E-state index in [0.717, 1.165) is 6.08 Å². The van der Waals surface area contributed by atoms with Crippen molar-refractivity contribution in [3.63, 3.8) is 0 Å². The van der Waals surface area contributed by atoms with Gasteiger partial charge in [-0.15, -0.1) is 0 Å². The molecule has 0 aliphatic rings. The maximum atomic E-state index is 11.5. The van der Waals surface area contributed by atoms with E-state index in [1.165, 1.54) is 26.4 Å². The summed E-state index contributed by atoms with van der Waals surface area (Å²) in [5.41, 5.74) is 0.155. The summed E-state index contributed by atoms with van der Waals surface area (Å²) in [7, 11) is 2.38. The summed E-state index contributed by atoms with van der Waals surface area (Å²) < 4.78 is 8.97. The number of ether oxygens (including phenoxy) is 2. The van der Waals surface area contributed by atoms with Crippen LogP contribution in [0.1, 0.15) is 5.56 Å². The Morgan fingerprint density at radius 2 is 1.82 bits per heavy atom. The number of phenolic OH excluding ortho intramolecular Hbond substituents is 1. The Morgan fingerprint density at radius 3 is 2.35 bits per heavy atom. The summed E-state index contributed by atoms with van der Waals surface area (Å²) in [4.78, 5) is 22.6. The Kier molecular flexibility index (Phi) is 4.28. The van der Waals surface area contributed by atoms with Crippen molar-refractivity contribution in [1.29, 1.82) is 0 Å². The molecule has 0 fully saturated rings. The van der Waals surface area contributed by atoms with E-state index in [9.17, 15) is 14.7 Å². The number of phenols is 1. The smallest absolute Gasteiger partial charge is 0.338 e. The van der Waals surface area contributed by atoms with E-state index < -0.39 is 11.9 Å². The van der Waals surface area contributed by atoms with Crippen LogP contribution in [0.5, 0.6) is 5.75 Å². The van der Waals surface area contributed by atoms with Gasteiger partial charge in [-0.05, 0) is 6.07 Å². The third-order valence-corrected chi connectivity index (χ3v) is 2.06. The predicted octanol–water partition coefficient (Wildman–Crippen LogP) is 1.12. The number of benzene rings is 1. The molecule has 1 N–H and O–H groups in total. The van der Waals surface area contributed by atoms with Crippen LogP contribution in [0.3, 0.4) is 0 Å². The lowest BCUT2D eigenvalue weighted by Gasteiger charge is -2.07. The average molecular weight is 236 g/mol. The highest BCUT2D eigenvalue weighted by atomic mass is 16.5. The number of carbonyl (C=O) groups is 2.